The smallest absolute Gasteiger partial charge is 0.119 e. The maximum atomic E-state index is 5.21. The SMILES string of the molecule is COc1ccc(N2CCN(c3ccc(C)cc3)CC2)cc1. The van der Waals surface area contributed by atoms with E-state index in [1.54, 1.807) is 7.11 Å². The normalized spacial score (nSPS) is 15.1. The van der Waals surface area contributed by atoms with Crippen molar-refractivity contribution in [3.05, 3.63) is 54.1 Å². The third-order valence-corrected chi connectivity index (χ3v) is 4.12. The van der Waals surface area contributed by atoms with Gasteiger partial charge in [-0.25, -0.2) is 0 Å². The van der Waals surface area contributed by atoms with Crippen LogP contribution in [0.15, 0.2) is 48.5 Å². The van der Waals surface area contributed by atoms with Crippen LogP contribution in [0.5, 0.6) is 5.75 Å². The zero-order chi connectivity index (χ0) is 14.7. The van der Waals surface area contributed by atoms with Crippen molar-refractivity contribution in [3.63, 3.8) is 0 Å². The summed E-state index contributed by atoms with van der Waals surface area (Å²) in [7, 11) is 1.70. The summed E-state index contributed by atoms with van der Waals surface area (Å²) in [6.07, 6.45) is 0. The van der Waals surface area contributed by atoms with E-state index in [9.17, 15) is 0 Å². The Bertz CT molecular complexity index is 569. The Labute approximate surface area is 126 Å². The minimum atomic E-state index is 0.914. The Kier molecular flexibility index (Phi) is 4.00. The highest BCUT2D eigenvalue weighted by Gasteiger charge is 2.17. The van der Waals surface area contributed by atoms with Crippen LogP contribution in [-0.4, -0.2) is 33.3 Å². The van der Waals surface area contributed by atoms with Crippen molar-refractivity contribution in [3.8, 4) is 5.75 Å². The van der Waals surface area contributed by atoms with E-state index in [0.717, 1.165) is 31.9 Å². The molecule has 0 atom stereocenters. The van der Waals surface area contributed by atoms with Gasteiger partial charge < -0.3 is 14.5 Å². The van der Waals surface area contributed by atoms with Gasteiger partial charge in [0, 0.05) is 37.6 Å². The van der Waals surface area contributed by atoms with E-state index in [4.69, 9.17) is 4.74 Å². The Balaban J connectivity index is 1.62. The first-order chi connectivity index (χ1) is 10.3. The van der Waals surface area contributed by atoms with Gasteiger partial charge in [-0.05, 0) is 43.3 Å². The largest absolute Gasteiger partial charge is 0.497 e. The molecule has 1 aliphatic heterocycles. The number of methoxy groups -OCH3 is 1. The zero-order valence-corrected chi connectivity index (χ0v) is 12.7. The Morgan fingerprint density at radius 3 is 1.57 bits per heavy atom. The molecule has 0 aliphatic carbocycles. The molecular weight excluding hydrogens is 260 g/mol. The number of benzene rings is 2. The van der Waals surface area contributed by atoms with Gasteiger partial charge in [-0.1, -0.05) is 17.7 Å². The van der Waals surface area contributed by atoms with Crippen molar-refractivity contribution in [2.75, 3.05) is 43.1 Å². The van der Waals surface area contributed by atoms with Gasteiger partial charge in [-0.15, -0.1) is 0 Å². The summed E-state index contributed by atoms with van der Waals surface area (Å²) >= 11 is 0. The van der Waals surface area contributed by atoms with E-state index in [0.29, 0.717) is 0 Å². The van der Waals surface area contributed by atoms with Gasteiger partial charge in [-0.3, -0.25) is 0 Å². The Hall–Kier alpha value is -2.16. The standard InChI is InChI=1S/C18H22N2O/c1-15-3-5-16(6-4-15)19-11-13-20(14-12-19)17-7-9-18(21-2)10-8-17/h3-10H,11-14H2,1-2H3. The first-order valence-corrected chi connectivity index (χ1v) is 7.47. The number of anilines is 2. The molecule has 3 rings (SSSR count). The zero-order valence-electron chi connectivity index (χ0n) is 12.7. The molecule has 1 heterocycles. The molecule has 110 valence electrons. The fourth-order valence-corrected chi connectivity index (χ4v) is 2.77. The van der Waals surface area contributed by atoms with E-state index in [1.165, 1.54) is 16.9 Å². The molecule has 1 saturated heterocycles. The van der Waals surface area contributed by atoms with E-state index in [2.05, 4.69) is 53.1 Å². The van der Waals surface area contributed by atoms with Crippen LogP contribution < -0.4 is 14.5 Å². The average Bonchev–Trinajstić information content (AvgIpc) is 2.56. The summed E-state index contributed by atoms with van der Waals surface area (Å²) in [4.78, 5) is 4.89. The second-order valence-corrected chi connectivity index (χ2v) is 5.51. The molecule has 0 amide bonds. The van der Waals surface area contributed by atoms with Crippen molar-refractivity contribution >= 4 is 11.4 Å². The van der Waals surface area contributed by atoms with Gasteiger partial charge >= 0.3 is 0 Å². The quantitative estimate of drug-likeness (QED) is 0.859. The Morgan fingerprint density at radius 1 is 0.714 bits per heavy atom. The summed E-state index contributed by atoms with van der Waals surface area (Å²) in [6.45, 7) is 6.37. The molecule has 0 N–H and O–H groups in total. The van der Waals surface area contributed by atoms with Crippen LogP contribution in [0.25, 0.3) is 0 Å². The highest BCUT2D eigenvalue weighted by atomic mass is 16.5. The molecule has 3 nitrogen and oxygen atoms in total. The monoisotopic (exact) mass is 282 g/mol. The molecule has 0 bridgehead atoms. The number of ether oxygens (including phenoxy) is 1. The van der Waals surface area contributed by atoms with Gasteiger partial charge in [-0.2, -0.15) is 0 Å². The second-order valence-electron chi connectivity index (χ2n) is 5.51. The number of rotatable bonds is 3. The minimum Gasteiger partial charge on any atom is -0.497 e. The molecule has 21 heavy (non-hydrogen) atoms. The predicted molar refractivity (Wildman–Crippen MR) is 88.6 cm³/mol. The fraction of sp³-hybridized carbons (Fsp3) is 0.333. The van der Waals surface area contributed by atoms with E-state index < -0.39 is 0 Å². The Morgan fingerprint density at radius 2 is 1.14 bits per heavy atom. The van der Waals surface area contributed by atoms with Gasteiger partial charge in [0.25, 0.3) is 0 Å². The topological polar surface area (TPSA) is 15.7 Å². The third-order valence-electron chi connectivity index (χ3n) is 4.12. The van der Waals surface area contributed by atoms with Crippen LogP contribution in [0.2, 0.25) is 0 Å². The lowest BCUT2D eigenvalue weighted by molar-refractivity contribution is 0.415. The van der Waals surface area contributed by atoms with Crippen LogP contribution in [-0.2, 0) is 0 Å². The minimum absolute atomic E-state index is 0.914. The lowest BCUT2D eigenvalue weighted by atomic mass is 10.2. The average molecular weight is 282 g/mol. The molecule has 3 heteroatoms. The number of hydrogen-bond donors (Lipinski definition) is 0. The summed E-state index contributed by atoms with van der Waals surface area (Å²) in [6, 6.07) is 17.2. The van der Waals surface area contributed by atoms with E-state index in [1.807, 2.05) is 12.1 Å². The molecule has 0 aromatic heterocycles. The first kappa shape index (κ1) is 13.8. The van der Waals surface area contributed by atoms with Crippen LogP contribution >= 0.6 is 0 Å². The molecule has 0 unspecified atom stereocenters. The maximum absolute atomic E-state index is 5.21. The number of aryl methyl sites for hydroxylation is 1. The van der Waals surface area contributed by atoms with Crippen LogP contribution in [0.1, 0.15) is 5.56 Å². The van der Waals surface area contributed by atoms with E-state index in [-0.39, 0.29) is 0 Å². The van der Waals surface area contributed by atoms with Gasteiger partial charge in [0.1, 0.15) is 5.75 Å². The molecule has 1 fully saturated rings. The maximum Gasteiger partial charge on any atom is 0.119 e. The number of piperazine rings is 1. The molecule has 0 spiro atoms. The van der Waals surface area contributed by atoms with Crippen molar-refractivity contribution in [1.29, 1.82) is 0 Å². The predicted octanol–water partition coefficient (Wildman–Crippen LogP) is 3.33. The molecule has 0 radical (unpaired) electrons. The van der Waals surface area contributed by atoms with Crippen molar-refractivity contribution < 1.29 is 4.74 Å². The third kappa shape index (κ3) is 3.13. The van der Waals surface area contributed by atoms with Crippen LogP contribution in [0.3, 0.4) is 0 Å². The van der Waals surface area contributed by atoms with Crippen molar-refractivity contribution in [2.24, 2.45) is 0 Å². The van der Waals surface area contributed by atoms with Crippen molar-refractivity contribution in [1.82, 2.24) is 0 Å². The number of nitrogens with zero attached hydrogens (tertiary/aromatic N) is 2. The van der Waals surface area contributed by atoms with Crippen LogP contribution in [0, 0.1) is 6.92 Å². The van der Waals surface area contributed by atoms with Crippen molar-refractivity contribution in [2.45, 2.75) is 6.92 Å². The lowest BCUT2D eigenvalue weighted by Crippen LogP contribution is -2.46. The summed E-state index contributed by atoms with van der Waals surface area (Å²) in [5.41, 5.74) is 3.92. The first-order valence-electron chi connectivity index (χ1n) is 7.47. The molecule has 2 aromatic carbocycles. The number of hydrogen-bond acceptors (Lipinski definition) is 3. The van der Waals surface area contributed by atoms with Gasteiger partial charge in [0.15, 0.2) is 0 Å². The van der Waals surface area contributed by atoms with E-state index >= 15 is 0 Å². The fourth-order valence-electron chi connectivity index (χ4n) is 2.77. The summed E-state index contributed by atoms with van der Waals surface area (Å²) in [5.74, 6) is 0.914. The highest BCUT2D eigenvalue weighted by molar-refractivity contribution is 5.53. The van der Waals surface area contributed by atoms with Crippen LogP contribution in [0.4, 0.5) is 11.4 Å². The lowest BCUT2D eigenvalue weighted by Gasteiger charge is -2.37. The highest BCUT2D eigenvalue weighted by Crippen LogP contribution is 2.22. The second kappa shape index (κ2) is 6.08. The molecule has 2 aromatic rings. The molecule has 0 saturated carbocycles. The summed E-state index contributed by atoms with van der Waals surface area (Å²) < 4.78 is 5.21. The molecule has 1 aliphatic rings. The van der Waals surface area contributed by atoms with Gasteiger partial charge in [0.05, 0.1) is 7.11 Å². The molecular formula is C18H22N2O. The summed E-state index contributed by atoms with van der Waals surface area (Å²) in [5, 5.41) is 0. The van der Waals surface area contributed by atoms with Gasteiger partial charge in [0.2, 0.25) is 0 Å².